The van der Waals surface area contributed by atoms with E-state index in [9.17, 15) is 9.59 Å². The maximum Gasteiger partial charge on any atom is 0.271 e. The lowest BCUT2D eigenvalue weighted by Gasteiger charge is -2.32. The molecule has 2 fully saturated rings. The van der Waals surface area contributed by atoms with Crippen molar-refractivity contribution in [1.82, 2.24) is 20.4 Å². The van der Waals surface area contributed by atoms with Gasteiger partial charge in [-0.25, -0.2) is 0 Å². The predicted molar refractivity (Wildman–Crippen MR) is 95.8 cm³/mol. The zero-order chi connectivity index (χ0) is 17.6. The van der Waals surface area contributed by atoms with Crippen molar-refractivity contribution < 1.29 is 9.59 Å². The van der Waals surface area contributed by atoms with Crippen molar-refractivity contribution in [1.29, 1.82) is 0 Å². The first kappa shape index (κ1) is 16.3. The molecule has 3 heterocycles. The van der Waals surface area contributed by atoms with Gasteiger partial charge in [-0.3, -0.25) is 14.7 Å². The van der Waals surface area contributed by atoms with Gasteiger partial charge < -0.3 is 10.2 Å². The highest BCUT2D eigenvalue weighted by atomic mass is 32.1. The molecule has 0 unspecified atom stereocenters. The Morgan fingerprint density at radius 1 is 1.44 bits per heavy atom. The van der Waals surface area contributed by atoms with Crippen LogP contribution in [-0.2, 0) is 6.42 Å². The molecule has 2 aromatic heterocycles. The number of H-pyrrole nitrogens is 1. The number of aromatic amines is 1. The number of likely N-dealkylation sites (tertiary alicyclic amines) is 1. The minimum atomic E-state index is -0.0395. The van der Waals surface area contributed by atoms with Crippen LogP contribution in [0.4, 0.5) is 0 Å². The third kappa shape index (κ3) is 3.08. The number of nitrogens with zero attached hydrogens (tertiary/aromatic N) is 2. The Morgan fingerprint density at radius 3 is 2.96 bits per heavy atom. The second kappa shape index (κ2) is 6.29. The SMILES string of the molecule is CCc1cc(C(=O)N[C@H]2CN(C(=O)c3ccn[nH]3)C[C@@H]3C[C@@H]32)sc1C. The maximum atomic E-state index is 12.6. The molecule has 2 amide bonds. The van der Waals surface area contributed by atoms with E-state index in [1.54, 1.807) is 23.6 Å². The summed E-state index contributed by atoms with van der Waals surface area (Å²) in [6.07, 6.45) is 3.61. The van der Waals surface area contributed by atoms with Gasteiger partial charge in [0.05, 0.1) is 4.88 Å². The van der Waals surface area contributed by atoms with Crippen molar-refractivity contribution in [2.24, 2.45) is 11.8 Å². The highest BCUT2D eigenvalue weighted by molar-refractivity contribution is 7.14. The van der Waals surface area contributed by atoms with E-state index in [1.165, 1.54) is 10.4 Å². The van der Waals surface area contributed by atoms with E-state index in [2.05, 4.69) is 29.4 Å². The van der Waals surface area contributed by atoms with E-state index >= 15 is 0 Å². The fourth-order valence-corrected chi connectivity index (χ4v) is 4.81. The molecule has 2 N–H and O–H groups in total. The summed E-state index contributed by atoms with van der Waals surface area (Å²) in [4.78, 5) is 29.0. The number of aromatic nitrogens is 2. The van der Waals surface area contributed by atoms with E-state index in [-0.39, 0.29) is 17.9 Å². The molecule has 1 saturated carbocycles. The van der Waals surface area contributed by atoms with Crippen LogP contribution in [0.5, 0.6) is 0 Å². The van der Waals surface area contributed by atoms with Crippen LogP contribution >= 0.6 is 11.3 Å². The summed E-state index contributed by atoms with van der Waals surface area (Å²) in [7, 11) is 0. The number of rotatable bonds is 4. The van der Waals surface area contributed by atoms with Crippen molar-refractivity contribution in [3.8, 4) is 0 Å². The quantitative estimate of drug-likeness (QED) is 0.880. The first-order chi connectivity index (χ1) is 12.1. The Balaban J connectivity index is 1.45. The van der Waals surface area contributed by atoms with E-state index < -0.39 is 0 Å². The topological polar surface area (TPSA) is 78.1 Å². The average Bonchev–Trinajstić information content (AvgIpc) is 3.03. The van der Waals surface area contributed by atoms with Gasteiger partial charge in [0.1, 0.15) is 5.69 Å². The van der Waals surface area contributed by atoms with Crippen LogP contribution in [0.25, 0.3) is 0 Å². The second-order valence-corrected chi connectivity index (χ2v) is 8.22. The van der Waals surface area contributed by atoms with E-state index in [0.717, 1.165) is 24.3 Å². The molecular weight excluding hydrogens is 336 g/mol. The van der Waals surface area contributed by atoms with Gasteiger partial charge in [0.25, 0.3) is 11.8 Å². The molecule has 132 valence electrons. The first-order valence-electron chi connectivity index (χ1n) is 8.75. The number of piperidine rings is 1. The monoisotopic (exact) mass is 358 g/mol. The average molecular weight is 358 g/mol. The van der Waals surface area contributed by atoms with Crippen molar-refractivity contribution in [2.75, 3.05) is 13.1 Å². The first-order valence-corrected chi connectivity index (χ1v) is 9.57. The molecule has 0 bridgehead atoms. The molecule has 2 aromatic rings. The molecule has 0 radical (unpaired) electrons. The number of thiophene rings is 1. The number of carbonyl (C=O) groups excluding carboxylic acids is 2. The van der Waals surface area contributed by atoms with E-state index in [1.807, 2.05) is 11.0 Å². The summed E-state index contributed by atoms with van der Waals surface area (Å²) in [5.74, 6) is 0.949. The van der Waals surface area contributed by atoms with Gasteiger partial charge in [-0.05, 0) is 49.3 Å². The second-order valence-electron chi connectivity index (χ2n) is 6.97. The number of hydrogen-bond donors (Lipinski definition) is 2. The molecule has 7 heteroatoms. The van der Waals surface area contributed by atoms with Crippen molar-refractivity contribution in [3.05, 3.63) is 39.3 Å². The van der Waals surface area contributed by atoms with Crippen LogP contribution in [0, 0.1) is 18.8 Å². The maximum absolute atomic E-state index is 12.6. The molecule has 25 heavy (non-hydrogen) atoms. The summed E-state index contributed by atoms with van der Waals surface area (Å²) in [6, 6.07) is 3.72. The van der Waals surface area contributed by atoms with Gasteiger partial charge in [-0.2, -0.15) is 5.10 Å². The Morgan fingerprint density at radius 2 is 2.28 bits per heavy atom. The van der Waals surface area contributed by atoms with Crippen LogP contribution in [0.15, 0.2) is 18.3 Å². The molecule has 0 aromatic carbocycles. The molecule has 2 aliphatic rings. The van der Waals surface area contributed by atoms with Crippen LogP contribution in [-0.4, -0.2) is 46.0 Å². The highest BCUT2D eigenvalue weighted by Gasteiger charge is 2.49. The number of fused-ring (bicyclic) bond motifs is 1. The van der Waals surface area contributed by atoms with Crippen molar-refractivity contribution in [2.45, 2.75) is 32.7 Å². The number of nitrogens with one attached hydrogen (secondary N) is 2. The Labute approximate surface area is 150 Å². The molecule has 1 aliphatic carbocycles. The number of carbonyl (C=O) groups is 2. The van der Waals surface area contributed by atoms with Crippen LogP contribution in [0.1, 0.15) is 43.9 Å². The minimum Gasteiger partial charge on any atom is -0.347 e. The standard InChI is InChI=1S/C18H22N4O2S/c1-3-11-7-16(25-10(11)2)17(23)20-15-9-22(8-12-6-13(12)15)18(24)14-4-5-19-21-14/h4-5,7,12-13,15H,3,6,8-9H2,1-2H3,(H,19,21)(H,20,23)/t12-,13-,15-/m0/s1. The van der Waals surface area contributed by atoms with Gasteiger partial charge >= 0.3 is 0 Å². The van der Waals surface area contributed by atoms with Gasteiger partial charge in [0, 0.05) is 30.2 Å². The Hall–Kier alpha value is -2.15. The summed E-state index contributed by atoms with van der Waals surface area (Å²) in [5, 5.41) is 9.76. The molecular formula is C18H22N4O2S. The Kier molecular flexibility index (Phi) is 4.11. The molecule has 6 nitrogen and oxygen atoms in total. The summed E-state index contributed by atoms with van der Waals surface area (Å²) >= 11 is 1.55. The van der Waals surface area contributed by atoms with Crippen LogP contribution < -0.4 is 5.32 Å². The third-order valence-electron chi connectivity index (χ3n) is 5.33. The fraction of sp³-hybridized carbons (Fsp3) is 0.500. The normalized spacial score (nSPS) is 24.7. The molecule has 1 aliphatic heterocycles. The van der Waals surface area contributed by atoms with Gasteiger partial charge in [0.15, 0.2) is 0 Å². The number of amides is 2. The van der Waals surface area contributed by atoms with Crippen molar-refractivity contribution >= 4 is 23.2 Å². The highest BCUT2D eigenvalue weighted by Crippen LogP contribution is 2.45. The van der Waals surface area contributed by atoms with Crippen molar-refractivity contribution in [3.63, 3.8) is 0 Å². The predicted octanol–water partition coefficient (Wildman–Crippen LogP) is 2.23. The van der Waals surface area contributed by atoms with E-state index in [0.29, 0.717) is 24.1 Å². The van der Waals surface area contributed by atoms with Gasteiger partial charge in [-0.1, -0.05) is 6.92 Å². The number of hydrogen-bond acceptors (Lipinski definition) is 4. The van der Waals surface area contributed by atoms with Gasteiger partial charge in [-0.15, -0.1) is 11.3 Å². The third-order valence-corrected chi connectivity index (χ3v) is 6.42. The summed E-state index contributed by atoms with van der Waals surface area (Å²) < 4.78 is 0. The largest absolute Gasteiger partial charge is 0.347 e. The molecule has 4 rings (SSSR count). The van der Waals surface area contributed by atoms with E-state index in [4.69, 9.17) is 0 Å². The summed E-state index contributed by atoms with van der Waals surface area (Å²) in [5.41, 5.74) is 1.74. The van der Waals surface area contributed by atoms with Gasteiger partial charge in [0.2, 0.25) is 0 Å². The molecule has 1 saturated heterocycles. The zero-order valence-electron chi connectivity index (χ0n) is 14.4. The summed E-state index contributed by atoms with van der Waals surface area (Å²) in [6.45, 7) is 5.50. The lowest BCUT2D eigenvalue weighted by atomic mass is 10.0. The molecule has 0 spiro atoms. The van der Waals surface area contributed by atoms with Crippen LogP contribution in [0.3, 0.4) is 0 Å². The fourth-order valence-electron chi connectivity index (χ4n) is 3.79. The minimum absolute atomic E-state index is 0.0145. The van der Waals surface area contributed by atoms with Crippen LogP contribution in [0.2, 0.25) is 0 Å². The lowest BCUT2D eigenvalue weighted by Crippen LogP contribution is -2.51. The molecule has 3 atom stereocenters. The smallest absolute Gasteiger partial charge is 0.271 e. The Bertz CT molecular complexity index is 798. The lowest BCUT2D eigenvalue weighted by molar-refractivity contribution is 0.0660. The number of aryl methyl sites for hydroxylation is 2. The zero-order valence-corrected chi connectivity index (χ0v) is 15.2.